The van der Waals surface area contributed by atoms with Crippen LogP contribution in [0.3, 0.4) is 0 Å². The summed E-state index contributed by atoms with van der Waals surface area (Å²) in [6.07, 6.45) is 6.58. The van der Waals surface area contributed by atoms with E-state index in [1.165, 1.54) is 25.7 Å². The van der Waals surface area contributed by atoms with Crippen molar-refractivity contribution in [2.45, 2.75) is 64.6 Å². The molecule has 1 saturated carbocycles. The van der Waals surface area contributed by atoms with E-state index in [1.807, 2.05) is 4.68 Å². The summed E-state index contributed by atoms with van der Waals surface area (Å²) in [5, 5.41) is 15.3. The van der Waals surface area contributed by atoms with Crippen LogP contribution in [0.2, 0.25) is 0 Å². The molecule has 0 radical (unpaired) electrons. The van der Waals surface area contributed by atoms with E-state index in [9.17, 15) is 0 Å². The van der Waals surface area contributed by atoms with Crippen LogP contribution in [0.25, 0.3) is 0 Å². The van der Waals surface area contributed by atoms with Crippen molar-refractivity contribution < 1.29 is 4.74 Å². The van der Waals surface area contributed by atoms with Gasteiger partial charge in [-0.05, 0) is 43.2 Å². The average Bonchev–Trinajstić information content (AvgIpc) is 3.07. The first-order valence-corrected chi connectivity index (χ1v) is 7.42. The minimum atomic E-state index is 0.182. The number of ether oxygens (including phenoxy) is 1. The van der Waals surface area contributed by atoms with Crippen molar-refractivity contribution in [3.8, 4) is 0 Å². The number of nitrogens with zero attached hydrogens (tertiary/aromatic N) is 4. The van der Waals surface area contributed by atoms with Gasteiger partial charge in [0.1, 0.15) is 0 Å². The lowest BCUT2D eigenvalue weighted by Crippen LogP contribution is -2.24. The Morgan fingerprint density at radius 1 is 1.42 bits per heavy atom. The molecule has 1 aliphatic carbocycles. The molecule has 0 aliphatic heterocycles. The van der Waals surface area contributed by atoms with Gasteiger partial charge in [-0.1, -0.05) is 19.8 Å². The molecule has 0 saturated heterocycles. The summed E-state index contributed by atoms with van der Waals surface area (Å²) in [4.78, 5) is 0. The second-order valence-corrected chi connectivity index (χ2v) is 5.21. The zero-order valence-electron chi connectivity index (χ0n) is 12.0. The molecule has 1 aromatic rings. The third-order valence-electron chi connectivity index (χ3n) is 3.61. The zero-order valence-corrected chi connectivity index (χ0v) is 12.0. The molecule has 19 heavy (non-hydrogen) atoms. The quantitative estimate of drug-likeness (QED) is 0.776. The number of hydrogen-bond acceptors (Lipinski definition) is 5. The summed E-state index contributed by atoms with van der Waals surface area (Å²) in [7, 11) is 0. The van der Waals surface area contributed by atoms with Crippen LogP contribution in [0.15, 0.2) is 0 Å². The number of nitrogens with one attached hydrogen (secondary N) is 1. The van der Waals surface area contributed by atoms with E-state index in [2.05, 4.69) is 34.7 Å². The smallest absolute Gasteiger partial charge is 0.168 e. The van der Waals surface area contributed by atoms with Crippen molar-refractivity contribution in [2.24, 2.45) is 0 Å². The maximum atomic E-state index is 5.86. The van der Waals surface area contributed by atoms with Crippen molar-refractivity contribution in [3.63, 3.8) is 0 Å². The molecule has 0 spiro atoms. The Balaban J connectivity index is 1.77. The summed E-state index contributed by atoms with van der Waals surface area (Å²) in [5.74, 6) is 0.892. The first-order chi connectivity index (χ1) is 9.31. The molecule has 1 heterocycles. The Hall–Kier alpha value is -1.01. The van der Waals surface area contributed by atoms with Crippen molar-refractivity contribution in [1.82, 2.24) is 25.5 Å². The molecule has 6 heteroatoms. The third kappa shape index (κ3) is 4.24. The number of rotatable bonds is 8. The first-order valence-electron chi connectivity index (χ1n) is 7.42. The largest absolute Gasteiger partial charge is 0.376 e. The topological polar surface area (TPSA) is 64.9 Å². The fraction of sp³-hybridized carbons (Fsp3) is 0.923. The number of aromatic nitrogens is 4. The van der Waals surface area contributed by atoms with Gasteiger partial charge in [-0.15, -0.1) is 5.10 Å². The van der Waals surface area contributed by atoms with Gasteiger partial charge in [0.2, 0.25) is 0 Å². The Labute approximate surface area is 114 Å². The summed E-state index contributed by atoms with van der Waals surface area (Å²) in [5.41, 5.74) is 0. The van der Waals surface area contributed by atoms with E-state index in [4.69, 9.17) is 4.74 Å². The van der Waals surface area contributed by atoms with Crippen LogP contribution in [-0.2, 0) is 11.3 Å². The molecular weight excluding hydrogens is 242 g/mol. The van der Waals surface area contributed by atoms with Crippen molar-refractivity contribution >= 4 is 0 Å². The highest BCUT2D eigenvalue weighted by Gasteiger charge is 2.17. The van der Waals surface area contributed by atoms with Crippen LogP contribution in [0.1, 0.15) is 57.8 Å². The maximum absolute atomic E-state index is 5.86. The lowest BCUT2D eigenvalue weighted by molar-refractivity contribution is 0.0506. The summed E-state index contributed by atoms with van der Waals surface area (Å²) in [6.45, 7) is 6.65. The monoisotopic (exact) mass is 267 g/mol. The highest BCUT2D eigenvalue weighted by molar-refractivity contribution is 4.89. The van der Waals surface area contributed by atoms with Gasteiger partial charge in [0.05, 0.1) is 25.3 Å². The summed E-state index contributed by atoms with van der Waals surface area (Å²) >= 11 is 0. The summed E-state index contributed by atoms with van der Waals surface area (Å²) < 4.78 is 7.70. The third-order valence-corrected chi connectivity index (χ3v) is 3.61. The molecule has 0 bridgehead atoms. The van der Waals surface area contributed by atoms with Gasteiger partial charge in [-0.25, -0.2) is 4.68 Å². The molecule has 1 aromatic heterocycles. The molecule has 1 unspecified atom stereocenters. The van der Waals surface area contributed by atoms with Crippen LogP contribution in [0.5, 0.6) is 0 Å². The molecule has 1 N–H and O–H groups in total. The van der Waals surface area contributed by atoms with Gasteiger partial charge in [0.25, 0.3) is 0 Å². The molecule has 6 nitrogen and oxygen atoms in total. The molecule has 0 amide bonds. The highest BCUT2D eigenvalue weighted by atomic mass is 16.5. The van der Waals surface area contributed by atoms with Gasteiger partial charge in [0.15, 0.2) is 5.82 Å². The van der Waals surface area contributed by atoms with Crippen LogP contribution in [0, 0.1) is 0 Å². The Bertz CT molecular complexity index is 362. The molecule has 2 rings (SSSR count). The van der Waals surface area contributed by atoms with Gasteiger partial charge in [0, 0.05) is 0 Å². The van der Waals surface area contributed by atoms with E-state index >= 15 is 0 Å². The van der Waals surface area contributed by atoms with Crippen LogP contribution >= 0.6 is 0 Å². The SMILES string of the molecule is CCCNC(C)c1nnnn1CCOC1CCCC1. The Kier molecular flexibility index (Phi) is 5.72. The Morgan fingerprint density at radius 2 is 2.21 bits per heavy atom. The minimum Gasteiger partial charge on any atom is -0.376 e. The van der Waals surface area contributed by atoms with E-state index in [-0.39, 0.29) is 6.04 Å². The molecular formula is C13H25N5O. The van der Waals surface area contributed by atoms with Crippen molar-refractivity contribution in [2.75, 3.05) is 13.2 Å². The maximum Gasteiger partial charge on any atom is 0.168 e. The van der Waals surface area contributed by atoms with Crippen molar-refractivity contribution in [1.29, 1.82) is 0 Å². The predicted octanol–water partition coefficient (Wildman–Crippen LogP) is 1.69. The molecule has 1 fully saturated rings. The number of hydrogen-bond donors (Lipinski definition) is 1. The molecule has 1 aliphatic rings. The van der Waals surface area contributed by atoms with Crippen LogP contribution < -0.4 is 5.32 Å². The normalized spacial score (nSPS) is 18.0. The lowest BCUT2D eigenvalue weighted by Gasteiger charge is -2.14. The molecule has 1 atom stereocenters. The second kappa shape index (κ2) is 7.55. The highest BCUT2D eigenvalue weighted by Crippen LogP contribution is 2.20. The average molecular weight is 267 g/mol. The fourth-order valence-electron chi connectivity index (χ4n) is 2.49. The van der Waals surface area contributed by atoms with Gasteiger partial charge < -0.3 is 10.1 Å². The first kappa shape index (κ1) is 14.4. The molecule has 0 aromatic carbocycles. The van der Waals surface area contributed by atoms with Gasteiger partial charge >= 0.3 is 0 Å². The van der Waals surface area contributed by atoms with Crippen LogP contribution in [-0.4, -0.2) is 39.5 Å². The summed E-state index contributed by atoms with van der Waals surface area (Å²) in [6, 6.07) is 0.182. The van der Waals surface area contributed by atoms with Gasteiger partial charge in [-0.2, -0.15) is 0 Å². The van der Waals surface area contributed by atoms with Crippen molar-refractivity contribution in [3.05, 3.63) is 5.82 Å². The van der Waals surface area contributed by atoms with E-state index in [0.717, 1.165) is 25.3 Å². The number of tetrazole rings is 1. The fourth-order valence-corrected chi connectivity index (χ4v) is 2.49. The van der Waals surface area contributed by atoms with E-state index in [1.54, 1.807) is 0 Å². The zero-order chi connectivity index (χ0) is 13.5. The van der Waals surface area contributed by atoms with E-state index in [0.29, 0.717) is 12.7 Å². The van der Waals surface area contributed by atoms with E-state index < -0.39 is 0 Å². The lowest BCUT2D eigenvalue weighted by atomic mass is 10.3. The minimum absolute atomic E-state index is 0.182. The predicted molar refractivity (Wildman–Crippen MR) is 72.7 cm³/mol. The Morgan fingerprint density at radius 3 is 2.95 bits per heavy atom. The van der Waals surface area contributed by atoms with Gasteiger partial charge in [-0.3, -0.25) is 0 Å². The second-order valence-electron chi connectivity index (χ2n) is 5.21. The molecule has 108 valence electrons. The van der Waals surface area contributed by atoms with Crippen LogP contribution in [0.4, 0.5) is 0 Å². The standard InChI is InChI=1S/C13H25N5O/c1-3-8-14-11(2)13-15-16-17-18(13)9-10-19-12-6-4-5-7-12/h11-12,14H,3-10H2,1-2H3.